The van der Waals surface area contributed by atoms with E-state index in [4.69, 9.17) is 0 Å². The number of benzene rings is 1. The summed E-state index contributed by atoms with van der Waals surface area (Å²) in [5, 5.41) is 2.17. The standard InChI is InChI=1S/C13H14S/c1-2-11-6-8-12(9-7-11)13-5-3-4-10-14-13/h4-10H,2-3H2,1H3. The molecule has 14 heavy (non-hydrogen) atoms. The van der Waals surface area contributed by atoms with Gasteiger partial charge in [0.1, 0.15) is 0 Å². The molecular weight excluding hydrogens is 188 g/mol. The molecule has 0 nitrogen and oxygen atoms in total. The van der Waals surface area contributed by atoms with Gasteiger partial charge in [-0.1, -0.05) is 55.1 Å². The number of thioether (sulfide) groups is 1. The van der Waals surface area contributed by atoms with Gasteiger partial charge in [0, 0.05) is 4.91 Å². The first-order valence-corrected chi connectivity index (χ1v) is 5.89. The van der Waals surface area contributed by atoms with Gasteiger partial charge in [-0.05, 0) is 29.4 Å². The highest BCUT2D eigenvalue weighted by molar-refractivity contribution is 8.11. The lowest BCUT2D eigenvalue weighted by Crippen LogP contribution is -1.84. The van der Waals surface area contributed by atoms with Crippen molar-refractivity contribution in [3.63, 3.8) is 0 Å². The smallest absolute Gasteiger partial charge is 0.0151 e. The highest BCUT2D eigenvalue weighted by Crippen LogP contribution is 2.31. The van der Waals surface area contributed by atoms with Gasteiger partial charge >= 0.3 is 0 Å². The maximum absolute atomic E-state index is 2.28. The third-order valence-corrected chi connectivity index (χ3v) is 3.36. The van der Waals surface area contributed by atoms with Gasteiger partial charge in [0.25, 0.3) is 0 Å². The molecule has 0 amide bonds. The lowest BCUT2D eigenvalue weighted by Gasteiger charge is -2.08. The van der Waals surface area contributed by atoms with Gasteiger partial charge in [-0.25, -0.2) is 0 Å². The molecule has 0 atom stereocenters. The first-order valence-electron chi connectivity index (χ1n) is 5.01. The van der Waals surface area contributed by atoms with Crippen LogP contribution in [-0.4, -0.2) is 0 Å². The molecule has 0 fully saturated rings. The zero-order valence-electron chi connectivity index (χ0n) is 8.36. The summed E-state index contributed by atoms with van der Waals surface area (Å²) in [4.78, 5) is 1.38. The third kappa shape index (κ3) is 2.10. The summed E-state index contributed by atoms with van der Waals surface area (Å²) in [7, 11) is 0. The summed E-state index contributed by atoms with van der Waals surface area (Å²) in [6.07, 6.45) is 6.66. The Morgan fingerprint density at radius 1 is 1.21 bits per heavy atom. The van der Waals surface area contributed by atoms with Crippen molar-refractivity contribution >= 4 is 16.7 Å². The Morgan fingerprint density at radius 3 is 2.57 bits per heavy atom. The van der Waals surface area contributed by atoms with Crippen LogP contribution in [0, 0.1) is 0 Å². The first kappa shape index (κ1) is 9.60. The third-order valence-electron chi connectivity index (χ3n) is 2.38. The molecule has 0 N–H and O–H groups in total. The predicted octanol–water partition coefficient (Wildman–Crippen LogP) is 4.24. The van der Waals surface area contributed by atoms with Crippen LogP contribution in [0.5, 0.6) is 0 Å². The minimum absolute atomic E-state index is 1.07. The Bertz CT molecular complexity index is 357. The van der Waals surface area contributed by atoms with Crippen LogP contribution in [0.2, 0.25) is 0 Å². The molecule has 0 aromatic heterocycles. The predicted molar refractivity (Wildman–Crippen MR) is 65.1 cm³/mol. The van der Waals surface area contributed by atoms with Crippen LogP contribution in [0.4, 0.5) is 0 Å². The minimum atomic E-state index is 1.07. The fourth-order valence-electron chi connectivity index (χ4n) is 1.49. The van der Waals surface area contributed by atoms with E-state index in [9.17, 15) is 0 Å². The zero-order valence-corrected chi connectivity index (χ0v) is 9.18. The second-order valence-corrected chi connectivity index (χ2v) is 4.29. The van der Waals surface area contributed by atoms with Crippen molar-refractivity contribution in [2.24, 2.45) is 0 Å². The Hall–Kier alpha value is -0.950. The number of hydrogen-bond acceptors (Lipinski definition) is 1. The lowest BCUT2D eigenvalue weighted by atomic mass is 10.1. The van der Waals surface area contributed by atoms with E-state index < -0.39 is 0 Å². The van der Waals surface area contributed by atoms with Crippen LogP contribution in [0.15, 0.2) is 41.8 Å². The van der Waals surface area contributed by atoms with E-state index in [1.54, 1.807) is 0 Å². The highest BCUT2D eigenvalue weighted by Gasteiger charge is 2.02. The summed E-state index contributed by atoms with van der Waals surface area (Å²) < 4.78 is 0. The van der Waals surface area contributed by atoms with Crippen molar-refractivity contribution in [1.82, 2.24) is 0 Å². The molecule has 1 aliphatic heterocycles. The summed E-state index contributed by atoms with van der Waals surface area (Å²) >= 11 is 1.81. The largest absolute Gasteiger partial charge is 0.0981 e. The van der Waals surface area contributed by atoms with Gasteiger partial charge in [-0.3, -0.25) is 0 Å². The SMILES string of the molecule is CCc1ccc(C2=CCC=CS2)cc1. The molecule has 0 radical (unpaired) electrons. The Morgan fingerprint density at radius 2 is 2.00 bits per heavy atom. The van der Waals surface area contributed by atoms with Crippen LogP contribution in [-0.2, 0) is 6.42 Å². The maximum atomic E-state index is 2.28. The van der Waals surface area contributed by atoms with Gasteiger partial charge in [0.05, 0.1) is 0 Å². The molecule has 2 rings (SSSR count). The normalized spacial score (nSPS) is 15.4. The van der Waals surface area contributed by atoms with E-state index in [0.717, 1.165) is 12.8 Å². The Labute approximate surface area is 89.7 Å². The van der Waals surface area contributed by atoms with Crippen molar-refractivity contribution in [1.29, 1.82) is 0 Å². The molecule has 0 saturated heterocycles. The van der Waals surface area contributed by atoms with E-state index in [-0.39, 0.29) is 0 Å². The van der Waals surface area contributed by atoms with Gasteiger partial charge in [-0.15, -0.1) is 0 Å². The molecule has 0 spiro atoms. The van der Waals surface area contributed by atoms with Crippen LogP contribution in [0.1, 0.15) is 24.5 Å². The quantitative estimate of drug-likeness (QED) is 0.691. The monoisotopic (exact) mass is 202 g/mol. The van der Waals surface area contributed by atoms with Gasteiger partial charge < -0.3 is 0 Å². The van der Waals surface area contributed by atoms with Crippen molar-refractivity contribution in [2.75, 3.05) is 0 Å². The first-order chi connectivity index (χ1) is 6.90. The molecule has 0 saturated carbocycles. The summed E-state index contributed by atoms with van der Waals surface area (Å²) in [5.41, 5.74) is 2.75. The van der Waals surface area contributed by atoms with E-state index in [1.807, 2.05) is 11.8 Å². The summed E-state index contributed by atoms with van der Waals surface area (Å²) in [5.74, 6) is 0. The second-order valence-electron chi connectivity index (χ2n) is 3.34. The fourth-order valence-corrected chi connectivity index (χ4v) is 2.31. The van der Waals surface area contributed by atoms with Crippen LogP contribution < -0.4 is 0 Å². The maximum Gasteiger partial charge on any atom is 0.0151 e. The molecule has 0 unspecified atom stereocenters. The molecule has 1 aromatic carbocycles. The van der Waals surface area contributed by atoms with Crippen molar-refractivity contribution in [3.8, 4) is 0 Å². The Balaban J connectivity index is 2.20. The van der Waals surface area contributed by atoms with E-state index >= 15 is 0 Å². The summed E-state index contributed by atoms with van der Waals surface area (Å²) in [6.45, 7) is 2.19. The van der Waals surface area contributed by atoms with Gasteiger partial charge in [0.2, 0.25) is 0 Å². The van der Waals surface area contributed by atoms with Gasteiger partial charge in [-0.2, -0.15) is 0 Å². The average Bonchev–Trinajstić information content (AvgIpc) is 2.30. The molecule has 1 heterocycles. The number of rotatable bonds is 2. The van der Waals surface area contributed by atoms with E-state index in [1.165, 1.54) is 16.0 Å². The fraction of sp³-hybridized carbons (Fsp3) is 0.231. The number of allylic oxidation sites excluding steroid dienone is 2. The van der Waals surface area contributed by atoms with Crippen molar-refractivity contribution < 1.29 is 0 Å². The lowest BCUT2D eigenvalue weighted by molar-refractivity contribution is 1.14. The molecule has 1 aromatic rings. The molecule has 72 valence electrons. The average molecular weight is 202 g/mol. The zero-order chi connectivity index (χ0) is 9.80. The molecular formula is C13H14S. The van der Waals surface area contributed by atoms with E-state index in [2.05, 4.69) is 48.7 Å². The van der Waals surface area contributed by atoms with Crippen LogP contribution in [0.3, 0.4) is 0 Å². The summed E-state index contributed by atoms with van der Waals surface area (Å²) in [6, 6.07) is 8.87. The van der Waals surface area contributed by atoms with Crippen LogP contribution in [0.25, 0.3) is 4.91 Å². The molecule has 0 bridgehead atoms. The number of hydrogen-bond donors (Lipinski definition) is 0. The van der Waals surface area contributed by atoms with Crippen molar-refractivity contribution in [2.45, 2.75) is 19.8 Å². The molecule has 0 aliphatic carbocycles. The molecule has 1 aliphatic rings. The topological polar surface area (TPSA) is 0 Å². The van der Waals surface area contributed by atoms with E-state index in [0.29, 0.717) is 0 Å². The second kappa shape index (κ2) is 4.52. The van der Waals surface area contributed by atoms with Gasteiger partial charge in [0.15, 0.2) is 0 Å². The van der Waals surface area contributed by atoms with Crippen LogP contribution >= 0.6 is 11.8 Å². The highest BCUT2D eigenvalue weighted by atomic mass is 32.2. The van der Waals surface area contributed by atoms with Crippen molar-refractivity contribution in [3.05, 3.63) is 53.0 Å². The molecule has 1 heteroatoms. The number of aryl methyl sites for hydroxylation is 1. The minimum Gasteiger partial charge on any atom is -0.0981 e. The Kier molecular flexibility index (Phi) is 3.10.